The van der Waals surface area contributed by atoms with Gasteiger partial charge in [0, 0.05) is 12.1 Å². The molecule has 0 bridgehead atoms. The molecule has 0 saturated carbocycles. The molecule has 1 N–H and O–H groups in total. The zero-order valence-corrected chi connectivity index (χ0v) is 13.8. The van der Waals surface area contributed by atoms with E-state index < -0.39 is 0 Å². The molecule has 0 atom stereocenters. The summed E-state index contributed by atoms with van der Waals surface area (Å²) in [6.45, 7) is 3.99. The molecule has 23 heavy (non-hydrogen) atoms. The average Bonchev–Trinajstić information content (AvgIpc) is 2.98. The summed E-state index contributed by atoms with van der Waals surface area (Å²) in [6.07, 6.45) is 0.892. The molecule has 1 heterocycles. The molecule has 0 unspecified atom stereocenters. The van der Waals surface area contributed by atoms with Crippen molar-refractivity contribution in [1.82, 2.24) is 10.2 Å². The van der Waals surface area contributed by atoms with Crippen molar-refractivity contribution >= 4 is 11.9 Å². The molecule has 1 aromatic carbocycles. The molecule has 0 aliphatic carbocycles. The third kappa shape index (κ3) is 5.14. The molecule has 0 fully saturated rings. The summed E-state index contributed by atoms with van der Waals surface area (Å²) in [5, 5.41) is 2.69. The molecule has 1 aliphatic rings. The van der Waals surface area contributed by atoms with E-state index in [2.05, 4.69) is 15.2 Å². The predicted molar refractivity (Wildman–Crippen MR) is 87.1 cm³/mol. The van der Waals surface area contributed by atoms with Crippen molar-refractivity contribution in [3.63, 3.8) is 0 Å². The molecule has 2 rings (SSSR count). The van der Waals surface area contributed by atoms with Crippen molar-refractivity contribution in [3.8, 4) is 11.5 Å². The van der Waals surface area contributed by atoms with Gasteiger partial charge in [-0.1, -0.05) is 0 Å². The van der Waals surface area contributed by atoms with Crippen LogP contribution in [0.3, 0.4) is 0 Å². The van der Waals surface area contributed by atoms with Gasteiger partial charge < -0.3 is 19.1 Å². The number of hydrogen-bond donors (Lipinski definition) is 1. The van der Waals surface area contributed by atoms with Crippen molar-refractivity contribution < 1.29 is 19.0 Å². The zero-order valence-electron chi connectivity index (χ0n) is 13.8. The van der Waals surface area contributed by atoms with E-state index in [1.165, 1.54) is 0 Å². The van der Waals surface area contributed by atoms with E-state index in [4.69, 9.17) is 14.2 Å². The minimum atomic E-state index is -0.289. The SMILES string of the molecule is CCOC(=NCCCN(C)C)NC(=O)c1ccc2c(c1)OCO2. The smallest absolute Gasteiger partial charge is 0.291 e. The zero-order chi connectivity index (χ0) is 16.7. The third-order valence-electron chi connectivity index (χ3n) is 3.16. The van der Waals surface area contributed by atoms with E-state index in [-0.39, 0.29) is 18.7 Å². The first-order valence-corrected chi connectivity index (χ1v) is 7.63. The summed E-state index contributed by atoms with van der Waals surface area (Å²) in [4.78, 5) is 18.7. The van der Waals surface area contributed by atoms with Crippen LogP contribution in [0.4, 0.5) is 0 Å². The van der Waals surface area contributed by atoms with Gasteiger partial charge in [0.05, 0.1) is 6.61 Å². The van der Waals surface area contributed by atoms with Gasteiger partial charge in [0.15, 0.2) is 11.5 Å². The highest BCUT2D eigenvalue weighted by Gasteiger charge is 2.17. The number of aliphatic imine (C=N–C) groups is 1. The predicted octanol–water partition coefficient (Wildman–Crippen LogP) is 1.49. The van der Waals surface area contributed by atoms with Crippen molar-refractivity contribution in [2.75, 3.05) is 40.6 Å². The number of nitrogens with one attached hydrogen (secondary N) is 1. The molecule has 126 valence electrons. The molecule has 7 heteroatoms. The number of amides is 1. The fourth-order valence-electron chi connectivity index (χ4n) is 2.03. The number of benzene rings is 1. The number of nitrogens with zero attached hydrogens (tertiary/aromatic N) is 2. The summed E-state index contributed by atoms with van der Waals surface area (Å²) in [6, 6.07) is 5.28. The van der Waals surface area contributed by atoms with Crippen molar-refractivity contribution in [3.05, 3.63) is 23.8 Å². The molecule has 0 radical (unpaired) electrons. The highest BCUT2D eigenvalue weighted by molar-refractivity contribution is 6.04. The number of ether oxygens (including phenoxy) is 3. The Morgan fingerprint density at radius 3 is 2.87 bits per heavy atom. The Morgan fingerprint density at radius 2 is 2.13 bits per heavy atom. The monoisotopic (exact) mass is 321 g/mol. The number of carbonyl (C=O) groups is 1. The molecular weight excluding hydrogens is 298 g/mol. The minimum Gasteiger partial charge on any atom is -0.465 e. The summed E-state index contributed by atoms with van der Waals surface area (Å²) < 4.78 is 15.9. The summed E-state index contributed by atoms with van der Waals surface area (Å²) in [5.41, 5.74) is 0.468. The molecule has 0 aromatic heterocycles. The summed E-state index contributed by atoms with van der Waals surface area (Å²) >= 11 is 0. The lowest BCUT2D eigenvalue weighted by Crippen LogP contribution is -2.33. The Labute approximate surface area is 136 Å². The lowest BCUT2D eigenvalue weighted by molar-refractivity contribution is 0.0965. The van der Waals surface area contributed by atoms with E-state index in [0.29, 0.717) is 30.2 Å². The summed E-state index contributed by atoms with van der Waals surface area (Å²) in [5.74, 6) is 0.922. The second kappa shape index (κ2) is 8.38. The highest BCUT2D eigenvalue weighted by atomic mass is 16.7. The van der Waals surface area contributed by atoms with Crippen molar-refractivity contribution in [1.29, 1.82) is 0 Å². The van der Waals surface area contributed by atoms with Crippen LogP contribution in [0.5, 0.6) is 11.5 Å². The van der Waals surface area contributed by atoms with Gasteiger partial charge in [-0.05, 0) is 52.2 Å². The quantitative estimate of drug-likeness (QED) is 0.488. The number of carbonyl (C=O) groups excluding carboxylic acids is 1. The minimum absolute atomic E-state index is 0.179. The molecule has 7 nitrogen and oxygen atoms in total. The van der Waals surface area contributed by atoms with Gasteiger partial charge in [-0.25, -0.2) is 4.99 Å². The highest BCUT2D eigenvalue weighted by Crippen LogP contribution is 2.32. The fourth-order valence-corrected chi connectivity index (χ4v) is 2.03. The first kappa shape index (κ1) is 17.1. The maximum absolute atomic E-state index is 12.3. The molecule has 1 amide bonds. The Balaban J connectivity index is 1.95. The maximum Gasteiger partial charge on any atom is 0.291 e. The first-order valence-electron chi connectivity index (χ1n) is 7.63. The van der Waals surface area contributed by atoms with Gasteiger partial charge in [0.25, 0.3) is 11.9 Å². The molecule has 0 spiro atoms. The van der Waals surface area contributed by atoms with Gasteiger partial charge in [0.2, 0.25) is 6.79 Å². The topological polar surface area (TPSA) is 72.4 Å². The standard InChI is InChI=1S/C16H23N3O4/c1-4-21-16(17-8-5-9-19(2)3)18-15(20)12-6-7-13-14(10-12)23-11-22-13/h6-7,10H,4-5,8-9,11H2,1-3H3,(H,17,18,20). The van der Waals surface area contributed by atoms with Crippen LogP contribution >= 0.6 is 0 Å². The Kier molecular flexibility index (Phi) is 6.22. The van der Waals surface area contributed by atoms with Crippen LogP contribution < -0.4 is 14.8 Å². The molecule has 1 aromatic rings. The van der Waals surface area contributed by atoms with Gasteiger partial charge in [-0.15, -0.1) is 0 Å². The Morgan fingerprint density at radius 1 is 1.35 bits per heavy atom. The molecular formula is C16H23N3O4. The van der Waals surface area contributed by atoms with E-state index >= 15 is 0 Å². The fraction of sp³-hybridized carbons (Fsp3) is 0.500. The van der Waals surface area contributed by atoms with Crippen LogP contribution in [0, 0.1) is 0 Å². The van der Waals surface area contributed by atoms with Crippen LogP contribution in [0.1, 0.15) is 23.7 Å². The van der Waals surface area contributed by atoms with Crippen LogP contribution in [-0.2, 0) is 4.74 Å². The molecule has 0 saturated heterocycles. The third-order valence-corrected chi connectivity index (χ3v) is 3.16. The number of fused-ring (bicyclic) bond motifs is 1. The van der Waals surface area contributed by atoms with Gasteiger partial charge in [-0.3, -0.25) is 10.1 Å². The lowest BCUT2D eigenvalue weighted by atomic mass is 10.2. The van der Waals surface area contributed by atoms with Crippen LogP contribution in [-0.4, -0.2) is 57.4 Å². The maximum atomic E-state index is 12.3. The van der Waals surface area contributed by atoms with E-state index in [1.807, 2.05) is 21.0 Å². The van der Waals surface area contributed by atoms with Crippen LogP contribution in [0.15, 0.2) is 23.2 Å². The van der Waals surface area contributed by atoms with Gasteiger partial charge >= 0.3 is 0 Å². The van der Waals surface area contributed by atoms with Crippen molar-refractivity contribution in [2.24, 2.45) is 4.99 Å². The van der Waals surface area contributed by atoms with E-state index in [1.54, 1.807) is 18.2 Å². The second-order valence-electron chi connectivity index (χ2n) is 5.30. The largest absolute Gasteiger partial charge is 0.465 e. The lowest BCUT2D eigenvalue weighted by Gasteiger charge is -2.11. The average molecular weight is 321 g/mol. The van der Waals surface area contributed by atoms with Crippen molar-refractivity contribution in [2.45, 2.75) is 13.3 Å². The van der Waals surface area contributed by atoms with E-state index in [0.717, 1.165) is 13.0 Å². The van der Waals surface area contributed by atoms with Gasteiger partial charge in [-0.2, -0.15) is 0 Å². The Bertz CT molecular complexity index is 572. The van der Waals surface area contributed by atoms with Crippen LogP contribution in [0.25, 0.3) is 0 Å². The van der Waals surface area contributed by atoms with Gasteiger partial charge in [0.1, 0.15) is 0 Å². The number of hydrogen-bond acceptors (Lipinski definition) is 6. The van der Waals surface area contributed by atoms with E-state index in [9.17, 15) is 4.79 Å². The normalized spacial score (nSPS) is 13.3. The second-order valence-corrected chi connectivity index (χ2v) is 5.30. The first-order chi connectivity index (χ1) is 11.1. The Hall–Kier alpha value is -2.28. The number of rotatable bonds is 6. The molecule has 1 aliphatic heterocycles. The van der Waals surface area contributed by atoms with Crippen LogP contribution in [0.2, 0.25) is 0 Å². The summed E-state index contributed by atoms with van der Waals surface area (Å²) in [7, 11) is 4.02. The number of amidine groups is 1.